The van der Waals surface area contributed by atoms with E-state index in [9.17, 15) is 9.59 Å². The first kappa shape index (κ1) is 16.0. The molecular weight excluding hydrogens is 254 g/mol. The average Bonchev–Trinajstić information content (AvgIpc) is 2.26. The SMILES string of the molecule is CC(C)(C)NC(=O)CCNC(=O)Cc1cccc(N)c1. The number of nitrogen functional groups attached to an aromatic ring is 1. The molecule has 0 saturated heterocycles. The standard InChI is InChI=1S/C15H23N3O2/c1-15(2,3)18-13(19)7-8-17-14(20)10-11-5-4-6-12(16)9-11/h4-6,9H,7-8,10,16H2,1-3H3,(H,17,20)(H,18,19). The summed E-state index contributed by atoms with van der Waals surface area (Å²) in [5.41, 5.74) is 6.90. The highest BCUT2D eigenvalue weighted by Crippen LogP contribution is 2.06. The van der Waals surface area contributed by atoms with E-state index in [1.165, 1.54) is 0 Å². The fourth-order valence-corrected chi connectivity index (χ4v) is 1.75. The number of nitrogens with one attached hydrogen (secondary N) is 2. The maximum atomic E-state index is 11.7. The summed E-state index contributed by atoms with van der Waals surface area (Å²) < 4.78 is 0. The molecule has 5 heteroatoms. The van der Waals surface area contributed by atoms with Crippen molar-refractivity contribution in [1.29, 1.82) is 0 Å². The molecular formula is C15H23N3O2. The Hall–Kier alpha value is -2.04. The molecule has 0 spiro atoms. The number of amides is 2. The topological polar surface area (TPSA) is 84.2 Å². The minimum atomic E-state index is -0.247. The van der Waals surface area contributed by atoms with Gasteiger partial charge in [0.05, 0.1) is 6.42 Å². The van der Waals surface area contributed by atoms with Crippen LogP contribution in [0.15, 0.2) is 24.3 Å². The van der Waals surface area contributed by atoms with Crippen molar-refractivity contribution < 1.29 is 9.59 Å². The zero-order valence-corrected chi connectivity index (χ0v) is 12.3. The summed E-state index contributed by atoms with van der Waals surface area (Å²) in [5.74, 6) is -0.180. The van der Waals surface area contributed by atoms with Gasteiger partial charge in [-0.25, -0.2) is 0 Å². The first-order valence-corrected chi connectivity index (χ1v) is 6.68. The summed E-state index contributed by atoms with van der Waals surface area (Å²) in [7, 11) is 0. The molecule has 5 nitrogen and oxygen atoms in total. The van der Waals surface area contributed by atoms with E-state index < -0.39 is 0 Å². The second-order valence-electron chi connectivity index (χ2n) is 5.82. The lowest BCUT2D eigenvalue weighted by molar-refractivity contribution is -0.123. The van der Waals surface area contributed by atoms with Crippen LogP contribution in [0.1, 0.15) is 32.8 Å². The van der Waals surface area contributed by atoms with E-state index in [-0.39, 0.29) is 30.2 Å². The van der Waals surface area contributed by atoms with Gasteiger partial charge in [0.25, 0.3) is 0 Å². The molecule has 2 amide bonds. The summed E-state index contributed by atoms with van der Waals surface area (Å²) in [6, 6.07) is 7.21. The maximum absolute atomic E-state index is 11.7. The van der Waals surface area contributed by atoms with Gasteiger partial charge in [0.15, 0.2) is 0 Å². The van der Waals surface area contributed by atoms with E-state index in [0.29, 0.717) is 12.2 Å². The molecule has 1 aromatic carbocycles. The van der Waals surface area contributed by atoms with Crippen molar-refractivity contribution in [2.75, 3.05) is 12.3 Å². The average molecular weight is 277 g/mol. The molecule has 1 aromatic rings. The van der Waals surface area contributed by atoms with Crippen LogP contribution in [0.2, 0.25) is 0 Å². The molecule has 0 saturated carbocycles. The largest absolute Gasteiger partial charge is 0.399 e. The zero-order chi connectivity index (χ0) is 15.2. The quantitative estimate of drug-likeness (QED) is 0.708. The third kappa shape index (κ3) is 6.78. The van der Waals surface area contributed by atoms with Crippen molar-refractivity contribution in [2.24, 2.45) is 0 Å². The molecule has 0 radical (unpaired) electrons. The molecule has 0 fully saturated rings. The van der Waals surface area contributed by atoms with Crippen LogP contribution in [0.3, 0.4) is 0 Å². The molecule has 0 unspecified atom stereocenters. The lowest BCUT2D eigenvalue weighted by Gasteiger charge is -2.20. The third-order valence-electron chi connectivity index (χ3n) is 2.50. The minimum absolute atomic E-state index is 0.0678. The molecule has 0 bridgehead atoms. The van der Waals surface area contributed by atoms with Crippen LogP contribution < -0.4 is 16.4 Å². The Labute approximate surface area is 119 Å². The van der Waals surface area contributed by atoms with Crippen LogP contribution in [0.25, 0.3) is 0 Å². The molecule has 0 heterocycles. The third-order valence-corrected chi connectivity index (χ3v) is 2.50. The zero-order valence-electron chi connectivity index (χ0n) is 12.3. The molecule has 1 rings (SSSR count). The number of hydrogen-bond acceptors (Lipinski definition) is 3. The van der Waals surface area contributed by atoms with E-state index in [4.69, 9.17) is 5.73 Å². The van der Waals surface area contributed by atoms with Gasteiger partial charge in [-0.3, -0.25) is 9.59 Å². The first-order valence-electron chi connectivity index (χ1n) is 6.68. The Morgan fingerprint density at radius 1 is 1.20 bits per heavy atom. The Morgan fingerprint density at radius 3 is 2.50 bits per heavy atom. The predicted molar refractivity (Wildman–Crippen MR) is 80.1 cm³/mol. The van der Waals surface area contributed by atoms with Crippen molar-refractivity contribution in [3.63, 3.8) is 0 Å². The molecule has 0 atom stereocenters. The molecule has 4 N–H and O–H groups in total. The fourth-order valence-electron chi connectivity index (χ4n) is 1.75. The molecule has 0 aliphatic rings. The van der Waals surface area contributed by atoms with Gasteiger partial charge in [-0.05, 0) is 38.5 Å². The monoisotopic (exact) mass is 277 g/mol. The van der Waals surface area contributed by atoms with E-state index in [2.05, 4.69) is 10.6 Å². The van der Waals surface area contributed by atoms with Crippen LogP contribution in [-0.2, 0) is 16.0 Å². The number of carbonyl (C=O) groups is 2. The summed E-state index contributed by atoms with van der Waals surface area (Å²) >= 11 is 0. The molecule has 110 valence electrons. The van der Waals surface area contributed by atoms with Gasteiger partial charge in [0.1, 0.15) is 0 Å². The number of nitrogens with two attached hydrogens (primary N) is 1. The van der Waals surface area contributed by atoms with Gasteiger partial charge in [0.2, 0.25) is 11.8 Å². The highest BCUT2D eigenvalue weighted by atomic mass is 16.2. The summed E-state index contributed by atoms with van der Waals surface area (Å²) in [6.07, 6.45) is 0.547. The predicted octanol–water partition coefficient (Wildman–Crippen LogP) is 1.23. The Morgan fingerprint density at radius 2 is 1.90 bits per heavy atom. The van der Waals surface area contributed by atoms with E-state index in [1.807, 2.05) is 32.9 Å². The molecule has 0 aliphatic heterocycles. The van der Waals surface area contributed by atoms with E-state index in [0.717, 1.165) is 5.56 Å². The normalized spacial score (nSPS) is 10.9. The van der Waals surface area contributed by atoms with Gasteiger partial charge in [-0.15, -0.1) is 0 Å². The van der Waals surface area contributed by atoms with Gasteiger partial charge in [0, 0.05) is 24.2 Å². The van der Waals surface area contributed by atoms with Crippen molar-refractivity contribution in [1.82, 2.24) is 10.6 Å². The molecule has 0 aliphatic carbocycles. The van der Waals surface area contributed by atoms with Crippen LogP contribution >= 0.6 is 0 Å². The van der Waals surface area contributed by atoms with E-state index >= 15 is 0 Å². The fraction of sp³-hybridized carbons (Fsp3) is 0.467. The van der Waals surface area contributed by atoms with Crippen molar-refractivity contribution in [2.45, 2.75) is 39.2 Å². The lowest BCUT2D eigenvalue weighted by Crippen LogP contribution is -2.42. The van der Waals surface area contributed by atoms with Gasteiger partial charge in [-0.1, -0.05) is 12.1 Å². The maximum Gasteiger partial charge on any atom is 0.224 e. The van der Waals surface area contributed by atoms with Gasteiger partial charge >= 0.3 is 0 Å². The van der Waals surface area contributed by atoms with Crippen molar-refractivity contribution >= 4 is 17.5 Å². The van der Waals surface area contributed by atoms with Gasteiger partial charge in [-0.2, -0.15) is 0 Å². The van der Waals surface area contributed by atoms with Crippen molar-refractivity contribution in [3.05, 3.63) is 29.8 Å². The number of benzene rings is 1. The number of carbonyl (C=O) groups excluding carboxylic acids is 2. The van der Waals surface area contributed by atoms with Crippen LogP contribution in [-0.4, -0.2) is 23.9 Å². The van der Waals surface area contributed by atoms with Crippen LogP contribution in [0.4, 0.5) is 5.69 Å². The smallest absolute Gasteiger partial charge is 0.224 e. The Balaban J connectivity index is 2.29. The first-order chi connectivity index (χ1) is 9.26. The highest BCUT2D eigenvalue weighted by molar-refractivity contribution is 5.80. The molecule has 0 aromatic heterocycles. The summed E-state index contributed by atoms with van der Waals surface area (Å²) in [4.78, 5) is 23.3. The van der Waals surface area contributed by atoms with Crippen LogP contribution in [0, 0.1) is 0 Å². The summed E-state index contributed by atoms with van der Waals surface area (Å²) in [5, 5.41) is 5.57. The van der Waals surface area contributed by atoms with Crippen LogP contribution in [0.5, 0.6) is 0 Å². The minimum Gasteiger partial charge on any atom is -0.399 e. The second-order valence-corrected chi connectivity index (χ2v) is 5.82. The number of rotatable bonds is 5. The lowest BCUT2D eigenvalue weighted by atomic mass is 10.1. The van der Waals surface area contributed by atoms with E-state index in [1.54, 1.807) is 12.1 Å². The second kappa shape index (κ2) is 6.93. The van der Waals surface area contributed by atoms with Crippen molar-refractivity contribution in [3.8, 4) is 0 Å². The number of anilines is 1. The van der Waals surface area contributed by atoms with Gasteiger partial charge < -0.3 is 16.4 Å². The number of hydrogen-bond donors (Lipinski definition) is 3. The Bertz CT molecular complexity index is 478. The molecule has 20 heavy (non-hydrogen) atoms. The Kier molecular flexibility index (Phi) is 5.55. The summed E-state index contributed by atoms with van der Waals surface area (Å²) in [6.45, 7) is 6.10. The highest BCUT2D eigenvalue weighted by Gasteiger charge is 2.13.